The summed E-state index contributed by atoms with van der Waals surface area (Å²) in [5.41, 5.74) is -1.02. The van der Waals surface area contributed by atoms with Crippen molar-refractivity contribution in [3.05, 3.63) is 22.7 Å². The van der Waals surface area contributed by atoms with Crippen molar-refractivity contribution in [2.75, 3.05) is 11.9 Å². The van der Waals surface area contributed by atoms with E-state index < -0.39 is 66.2 Å². The number of amides is 1. The largest absolute Gasteiger partial charge is 0.790 e. The molecule has 6 atom stereocenters. The van der Waals surface area contributed by atoms with Crippen LogP contribution in [0.5, 0.6) is 0 Å². The van der Waals surface area contributed by atoms with Gasteiger partial charge in [0.25, 0.3) is 15.6 Å². The Kier molecular flexibility index (Phi) is 8.87. The summed E-state index contributed by atoms with van der Waals surface area (Å²) in [7, 11) is -18.2. The van der Waals surface area contributed by atoms with Crippen LogP contribution in [0.1, 0.15) is 19.6 Å². The minimum Gasteiger partial charge on any atom is -0.790 e. The number of aliphatic hydroxyl groups is 2. The van der Waals surface area contributed by atoms with Crippen molar-refractivity contribution in [2.45, 2.75) is 37.9 Å². The van der Waals surface area contributed by atoms with Crippen molar-refractivity contribution in [3.8, 4) is 0 Å². The van der Waals surface area contributed by atoms with Crippen LogP contribution in [0.4, 0.5) is 5.82 Å². The van der Waals surface area contributed by atoms with Crippen LogP contribution in [0.25, 0.3) is 0 Å². The fraction of sp³-hybridized carbons (Fsp3) is 0.583. The average molecular weight is 535 g/mol. The van der Waals surface area contributed by atoms with E-state index in [9.17, 15) is 53.1 Å². The number of anilines is 1. The second-order valence-corrected chi connectivity index (χ2v) is 10.5. The zero-order chi connectivity index (χ0) is 25.2. The van der Waals surface area contributed by atoms with E-state index in [1.54, 1.807) is 6.92 Å². The topological polar surface area (TPSA) is 285 Å². The second kappa shape index (κ2) is 10.5. The van der Waals surface area contributed by atoms with E-state index >= 15 is 0 Å². The monoisotopic (exact) mass is 535 g/mol. The van der Waals surface area contributed by atoms with E-state index in [1.165, 1.54) is 6.07 Å². The molecule has 188 valence electrons. The van der Waals surface area contributed by atoms with Crippen molar-refractivity contribution in [1.29, 1.82) is 0 Å². The Balaban J connectivity index is 2.06. The molecule has 1 amide bonds. The normalized spacial score (nSPS) is 27.0. The van der Waals surface area contributed by atoms with Gasteiger partial charge in [0.2, 0.25) is 5.91 Å². The van der Waals surface area contributed by atoms with Crippen molar-refractivity contribution in [3.63, 3.8) is 0 Å². The van der Waals surface area contributed by atoms with Crippen LogP contribution in [0, 0.1) is 0 Å². The number of hydrogen-bond acceptors (Lipinski definition) is 16. The standard InChI is InChI=1S/C12H20N3O15P3/c1-2-8(16)13-7-3-4-15(12(19)14-7)11-10(18)9(17)6(28-11)5-27-32(23,24)30-33(25,26)29-31(20,21)22/h3-4,6,9-11,17-18H,2,5H2,1H3,(H,23,24)(H,25,26)(H2,20,21,22)(H,13,14,16,19)/p-4. The van der Waals surface area contributed by atoms with E-state index in [-0.39, 0.29) is 12.2 Å². The highest BCUT2D eigenvalue weighted by molar-refractivity contribution is 7.64. The van der Waals surface area contributed by atoms with Crippen LogP contribution in [0.2, 0.25) is 0 Å². The summed E-state index contributed by atoms with van der Waals surface area (Å²) < 4.78 is 49.4. The fourth-order valence-electron chi connectivity index (χ4n) is 2.45. The number of aromatic nitrogens is 2. The Morgan fingerprint density at radius 1 is 1.18 bits per heavy atom. The molecule has 0 radical (unpaired) electrons. The van der Waals surface area contributed by atoms with Crippen LogP contribution in [0.3, 0.4) is 0 Å². The van der Waals surface area contributed by atoms with Gasteiger partial charge in [0.1, 0.15) is 24.1 Å². The van der Waals surface area contributed by atoms with Gasteiger partial charge >= 0.3 is 5.69 Å². The molecule has 0 saturated carbocycles. The lowest BCUT2D eigenvalue weighted by Crippen LogP contribution is -2.36. The van der Waals surface area contributed by atoms with Gasteiger partial charge in [0.05, 0.1) is 14.4 Å². The van der Waals surface area contributed by atoms with Crippen LogP contribution < -0.4 is 30.6 Å². The minimum absolute atomic E-state index is 0.106. The number of aliphatic hydroxyl groups excluding tert-OH is 2. The first-order valence-corrected chi connectivity index (χ1v) is 13.0. The molecule has 2 heterocycles. The molecule has 1 saturated heterocycles. The van der Waals surface area contributed by atoms with Gasteiger partial charge in [-0.15, -0.1) is 0 Å². The maximum Gasteiger partial charge on any atom is 0.351 e. The van der Waals surface area contributed by atoms with Gasteiger partial charge in [-0.2, -0.15) is 4.98 Å². The number of ether oxygens (including phenoxy) is 1. The molecule has 1 fully saturated rings. The number of hydrogen-bond donors (Lipinski definition) is 3. The summed E-state index contributed by atoms with van der Waals surface area (Å²) in [5.74, 6) is -0.541. The van der Waals surface area contributed by atoms with E-state index in [4.69, 9.17) is 4.74 Å². The number of carbonyl (C=O) groups is 1. The van der Waals surface area contributed by atoms with Crippen LogP contribution in [-0.4, -0.2) is 50.6 Å². The number of rotatable bonds is 10. The Hall–Kier alpha value is -1.36. The number of phosphoric ester groups is 1. The van der Waals surface area contributed by atoms with Crippen molar-refractivity contribution < 1.29 is 66.2 Å². The van der Waals surface area contributed by atoms with Gasteiger partial charge in [0.15, 0.2) is 6.23 Å². The maximum absolute atomic E-state index is 12.2. The first-order valence-electron chi connectivity index (χ1n) is 8.65. The molecule has 18 nitrogen and oxygen atoms in total. The molecular formula is C12H16N3O15P3-4. The third kappa shape index (κ3) is 8.12. The molecule has 3 N–H and O–H groups in total. The van der Waals surface area contributed by atoms with Gasteiger partial charge in [-0.05, 0) is 6.07 Å². The van der Waals surface area contributed by atoms with Gasteiger partial charge in [0, 0.05) is 12.6 Å². The SMILES string of the molecule is CCC(=O)Nc1ccn(C2OC(COP(=O)([O-])OP(=O)([O-])OP(=O)([O-])[O-])C(O)C2O)c(=O)n1. The molecule has 0 spiro atoms. The van der Waals surface area contributed by atoms with Crippen molar-refractivity contribution in [1.82, 2.24) is 9.55 Å². The van der Waals surface area contributed by atoms with Gasteiger partial charge in [-0.3, -0.25) is 22.8 Å². The number of carbonyl (C=O) groups excluding carboxylic acids is 1. The average Bonchev–Trinajstić information content (AvgIpc) is 2.92. The maximum atomic E-state index is 12.2. The lowest BCUT2D eigenvalue weighted by atomic mass is 10.1. The van der Waals surface area contributed by atoms with Gasteiger partial charge in [-0.25, -0.2) is 9.11 Å². The Morgan fingerprint density at radius 2 is 1.82 bits per heavy atom. The van der Waals surface area contributed by atoms with Crippen LogP contribution in [-0.2, 0) is 36.4 Å². The third-order valence-electron chi connectivity index (χ3n) is 3.83. The molecule has 0 aliphatic carbocycles. The molecule has 1 aromatic rings. The molecule has 33 heavy (non-hydrogen) atoms. The molecule has 1 aliphatic rings. The lowest BCUT2D eigenvalue weighted by molar-refractivity contribution is -0.339. The molecule has 1 aliphatic heterocycles. The Bertz CT molecular complexity index is 1070. The molecule has 21 heteroatoms. The van der Waals surface area contributed by atoms with E-state index in [1.807, 2.05) is 0 Å². The Labute approximate surface area is 184 Å². The molecule has 0 bridgehead atoms. The summed E-state index contributed by atoms with van der Waals surface area (Å²) in [6.45, 7) is 0.387. The molecule has 6 unspecified atom stereocenters. The highest BCUT2D eigenvalue weighted by Gasteiger charge is 2.44. The molecular weight excluding hydrogens is 519 g/mol. The first-order chi connectivity index (χ1) is 15.0. The molecule has 1 aromatic heterocycles. The Morgan fingerprint density at radius 3 is 2.36 bits per heavy atom. The summed E-state index contributed by atoms with van der Waals surface area (Å²) >= 11 is 0. The van der Waals surface area contributed by atoms with Crippen molar-refractivity contribution >= 4 is 35.2 Å². The molecule has 0 aromatic carbocycles. The quantitative estimate of drug-likeness (QED) is 0.241. The van der Waals surface area contributed by atoms with E-state index in [2.05, 4.69) is 23.4 Å². The summed E-state index contributed by atoms with van der Waals surface area (Å²) in [4.78, 5) is 70.4. The molecule has 2 rings (SSSR count). The van der Waals surface area contributed by atoms with E-state index in [0.717, 1.165) is 6.20 Å². The van der Waals surface area contributed by atoms with Gasteiger partial charge in [-0.1, -0.05) is 6.92 Å². The van der Waals surface area contributed by atoms with Gasteiger partial charge < -0.3 is 48.9 Å². The zero-order valence-corrected chi connectivity index (χ0v) is 19.0. The summed E-state index contributed by atoms with van der Waals surface area (Å²) in [5, 5.41) is 22.5. The second-order valence-electron chi connectivity index (χ2n) is 6.25. The summed E-state index contributed by atoms with van der Waals surface area (Å²) in [6.07, 6.45) is -5.78. The minimum atomic E-state index is -6.18. The smallest absolute Gasteiger partial charge is 0.351 e. The lowest BCUT2D eigenvalue weighted by Gasteiger charge is -2.37. The highest BCUT2D eigenvalue weighted by Crippen LogP contribution is 2.60. The highest BCUT2D eigenvalue weighted by atomic mass is 31.3. The summed E-state index contributed by atoms with van der Waals surface area (Å²) in [6, 6.07) is 1.18. The number of nitrogens with one attached hydrogen (secondary N) is 1. The zero-order valence-electron chi connectivity index (χ0n) is 16.3. The number of nitrogens with zero attached hydrogens (tertiary/aromatic N) is 2. The predicted molar refractivity (Wildman–Crippen MR) is 94.3 cm³/mol. The van der Waals surface area contributed by atoms with Crippen LogP contribution in [0.15, 0.2) is 17.1 Å². The fourth-order valence-corrected chi connectivity index (χ4v) is 5.32. The van der Waals surface area contributed by atoms with Crippen molar-refractivity contribution in [2.24, 2.45) is 0 Å². The predicted octanol–water partition coefficient (Wildman–Crippen LogP) is -3.97. The number of phosphoric acid groups is 3. The van der Waals surface area contributed by atoms with E-state index in [0.29, 0.717) is 4.57 Å². The van der Waals surface area contributed by atoms with Crippen LogP contribution >= 0.6 is 23.5 Å². The first kappa shape index (κ1) is 27.9. The third-order valence-corrected chi connectivity index (χ3v) is 7.49.